The van der Waals surface area contributed by atoms with E-state index in [1.165, 1.54) is 0 Å². The van der Waals surface area contributed by atoms with Gasteiger partial charge in [0.25, 0.3) is 5.91 Å². The van der Waals surface area contributed by atoms with E-state index in [-0.39, 0.29) is 11.7 Å². The molecule has 0 unspecified atom stereocenters. The van der Waals surface area contributed by atoms with Crippen molar-refractivity contribution in [3.63, 3.8) is 0 Å². The molecule has 2 aliphatic rings. The first-order valence-electron chi connectivity index (χ1n) is 7.46. The molecule has 0 aromatic heterocycles. The summed E-state index contributed by atoms with van der Waals surface area (Å²) in [5.74, 6) is 0.693. The second kappa shape index (κ2) is 5.06. The molecule has 1 aliphatic carbocycles. The van der Waals surface area contributed by atoms with Crippen LogP contribution in [0, 0.1) is 12.8 Å². The number of aliphatic hydroxyl groups is 1. The molecule has 1 aliphatic heterocycles. The number of rotatable bonds is 1. The molecule has 3 rings (SSSR count). The van der Waals surface area contributed by atoms with Crippen LogP contribution in [-0.4, -0.2) is 16.6 Å². The lowest BCUT2D eigenvalue weighted by Crippen LogP contribution is -2.47. The largest absolute Gasteiger partial charge is 0.509 e. The Kier molecular flexibility index (Phi) is 3.48. The fraction of sp³-hybridized carbons (Fsp3) is 0.471. The molecule has 1 spiro atoms. The summed E-state index contributed by atoms with van der Waals surface area (Å²) in [5, 5.41) is 14.4. The first-order chi connectivity index (χ1) is 9.93. The number of benzene rings is 1. The van der Waals surface area contributed by atoms with Crippen LogP contribution in [-0.2, 0) is 4.79 Å². The normalized spacial score (nSPS) is 29.1. The van der Waals surface area contributed by atoms with Crippen LogP contribution in [0.2, 0.25) is 5.02 Å². The van der Waals surface area contributed by atoms with Gasteiger partial charge in [0.1, 0.15) is 5.76 Å². The monoisotopic (exact) mass is 305 g/mol. The van der Waals surface area contributed by atoms with Crippen molar-refractivity contribution in [3.8, 4) is 0 Å². The van der Waals surface area contributed by atoms with Crippen molar-refractivity contribution in [1.29, 1.82) is 0 Å². The summed E-state index contributed by atoms with van der Waals surface area (Å²) in [6.07, 6.45) is 3.66. The Balaban J connectivity index is 2.04. The summed E-state index contributed by atoms with van der Waals surface area (Å²) in [4.78, 5) is 12.4. The van der Waals surface area contributed by atoms with Crippen molar-refractivity contribution in [2.75, 3.05) is 0 Å². The van der Waals surface area contributed by atoms with E-state index < -0.39 is 5.54 Å². The lowest BCUT2D eigenvalue weighted by molar-refractivity contribution is -0.116. The number of carbonyl (C=O) groups excluding carboxylic acids is 1. The maximum Gasteiger partial charge on any atom is 0.256 e. The zero-order valence-corrected chi connectivity index (χ0v) is 13.1. The zero-order valence-electron chi connectivity index (χ0n) is 12.4. The number of carbonyl (C=O) groups is 1. The molecule has 1 aromatic rings. The summed E-state index contributed by atoms with van der Waals surface area (Å²) in [7, 11) is 0. The van der Waals surface area contributed by atoms with E-state index in [2.05, 4.69) is 12.2 Å². The highest BCUT2D eigenvalue weighted by molar-refractivity contribution is 6.31. The van der Waals surface area contributed by atoms with Gasteiger partial charge in [-0.15, -0.1) is 0 Å². The Morgan fingerprint density at radius 1 is 1.33 bits per heavy atom. The highest BCUT2D eigenvalue weighted by Gasteiger charge is 2.47. The number of halogens is 1. The predicted molar refractivity (Wildman–Crippen MR) is 84.2 cm³/mol. The molecule has 1 saturated carbocycles. The van der Waals surface area contributed by atoms with E-state index in [1.807, 2.05) is 19.1 Å². The number of aliphatic hydroxyl groups excluding tert-OH is 1. The smallest absolute Gasteiger partial charge is 0.256 e. The van der Waals surface area contributed by atoms with Crippen LogP contribution in [0.4, 0.5) is 0 Å². The van der Waals surface area contributed by atoms with E-state index in [1.54, 1.807) is 6.07 Å². The summed E-state index contributed by atoms with van der Waals surface area (Å²) in [5.41, 5.74) is 1.54. The van der Waals surface area contributed by atoms with Gasteiger partial charge in [-0.3, -0.25) is 4.79 Å². The van der Waals surface area contributed by atoms with Gasteiger partial charge in [0.05, 0.1) is 11.1 Å². The molecule has 1 amide bonds. The van der Waals surface area contributed by atoms with Crippen LogP contribution in [0.15, 0.2) is 24.0 Å². The standard InChI is InChI=1S/C17H20ClNO2/c1-10-5-7-17(8-6-10)15(20)14(16(21)19-17)13-4-3-12(18)9-11(13)2/h3-4,9-10,20H,5-8H2,1-2H3,(H,19,21). The molecule has 2 N–H and O–H groups in total. The highest BCUT2D eigenvalue weighted by Crippen LogP contribution is 2.43. The van der Waals surface area contributed by atoms with Gasteiger partial charge in [-0.1, -0.05) is 24.6 Å². The van der Waals surface area contributed by atoms with Crippen molar-refractivity contribution in [1.82, 2.24) is 5.32 Å². The summed E-state index contributed by atoms with van der Waals surface area (Å²) in [6, 6.07) is 5.39. The third kappa shape index (κ3) is 2.34. The molecule has 0 atom stereocenters. The summed E-state index contributed by atoms with van der Waals surface area (Å²) >= 11 is 5.98. The fourth-order valence-electron chi connectivity index (χ4n) is 3.46. The lowest BCUT2D eigenvalue weighted by atomic mass is 9.76. The molecule has 0 bridgehead atoms. The SMILES string of the molecule is Cc1cc(Cl)ccc1C1=C(O)C2(CCC(C)CC2)NC1=O. The van der Waals surface area contributed by atoms with Gasteiger partial charge in [0.15, 0.2) is 0 Å². The number of hydrogen-bond donors (Lipinski definition) is 2. The van der Waals surface area contributed by atoms with E-state index in [0.29, 0.717) is 16.5 Å². The van der Waals surface area contributed by atoms with E-state index in [9.17, 15) is 9.90 Å². The Hall–Kier alpha value is -1.48. The van der Waals surface area contributed by atoms with Crippen molar-refractivity contribution in [3.05, 3.63) is 40.1 Å². The molecule has 0 radical (unpaired) electrons. The first kappa shape index (κ1) is 14.5. The third-order valence-corrected chi connectivity index (χ3v) is 5.09. The van der Waals surface area contributed by atoms with E-state index >= 15 is 0 Å². The topological polar surface area (TPSA) is 49.3 Å². The Bertz CT molecular complexity index is 628. The fourth-order valence-corrected chi connectivity index (χ4v) is 3.69. The minimum atomic E-state index is -0.551. The molecule has 1 fully saturated rings. The first-order valence-corrected chi connectivity index (χ1v) is 7.83. The van der Waals surface area contributed by atoms with Gasteiger partial charge in [-0.05, 0) is 61.8 Å². The van der Waals surface area contributed by atoms with Crippen LogP contribution in [0.3, 0.4) is 0 Å². The maximum atomic E-state index is 12.4. The van der Waals surface area contributed by atoms with Crippen LogP contribution < -0.4 is 5.32 Å². The molecule has 0 saturated heterocycles. The molecular formula is C17H20ClNO2. The van der Waals surface area contributed by atoms with Crippen LogP contribution in [0.5, 0.6) is 0 Å². The summed E-state index contributed by atoms with van der Waals surface area (Å²) in [6.45, 7) is 4.12. The summed E-state index contributed by atoms with van der Waals surface area (Å²) < 4.78 is 0. The van der Waals surface area contributed by atoms with Crippen molar-refractivity contribution in [2.45, 2.75) is 45.1 Å². The van der Waals surface area contributed by atoms with Crippen molar-refractivity contribution in [2.24, 2.45) is 5.92 Å². The van der Waals surface area contributed by atoms with Crippen LogP contribution >= 0.6 is 11.6 Å². The van der Waals surface area contributed by atoms with Gasteiger partial charge < -0.3 is 10.4 Å². The molecule has 3 nitrogen and oxygen atoms in total. The number of hydrogen-bond acceptors (Lipinski definition) is 2. The van der Waals surface area contributed by atoms with Gasteiger partial charge in [-0.25, -0.2) is 0 Å². The molecular weight excluding hydrogens is 286 g/mol. The van der Waals surface area contributed by atoms with Gasteiger partial charge in [-0.2, -0.15) is 0 Å². The Labute approximate surface area is 130 Å². The molecule has 21 heavy (non-hydrogen) atoms. The quantitative estimate of drug-likeness (QED) is 0.824. The van der Waals surface area contributed by atoms with Crippen LogP contribution in [0.25, 0.3) is 5.57 Å². The molecule has 1 aromatic carbocycles. The van der Waals surface area contributed by atoms with Crippen molar-refractivity contribution >= 4 is 23.1 Å². The number of amides is 1. The molecule has 4 heteroatoms. The average Bonchev–Trinajstić information content (AvgIpc) is 2.66. The second-order valence-electron chi connectivity index (χ2n) is 6.40. The van der Waals surface area contributed by atoms with Gasteiger partial charge in [0, 0.05) is 5.02 Å². The Morgan fingerprint density at radius 3 is 2.62 bits per heavy atom. The lowest BCUT2D eigenvalue weighted by Gasteiger charge is -2.36. The highest BCUT2D eigenvalue weighted by atomic mass is 35.5. The predicted octanol–water partition coefficient (Wildman–Crippen LogP) is 4.00. The van der Waals surface area contributed by atoms with Gasteiger partial charge in [0.2, 0.25) is 0 Å². The second-order valence-corrected chi connectivity index (χ2v) is 6.84. The average molecular weight is 306 g/mol. The van der Waals surface area contributed by atoms with Gasteiger partial charge >= 0.3 is 0 Å². The Morgan fingerprint density at radius 2 is 2.00 bits per heavy atom. The number of aryl methyl sites for hydroxylation is 1. The third-order valence-electron chi connectivity index (χ3n) is 4.86. The maximum absolute atomic E-state index is 12.4. The molecule has 1 heterocycles. The van der Waals surface area contributed by atoms with Crippen LogP contribution in [0.1, 0.15) is 43.7 Å². The van der Waals surface area contributed by atoms with Crippen molar-refractivity contribution < 1.29 is 9.90 Å². The number of nitrogens with one attached hydrogen (secondary N) is 1. The molecule has 112 valence electrons. The zero-order chi connectivity index (χ0) is 15.2. The minimum Gasteiger partial charge on any atom is -0.509 e. The van der Waals surface area contributed by atoms with E-state index in [0.717, 1.165) is 36.8 Å². The van der Waals surface area contributed by atoms with E-state index in [4.69, 9.17) is 11.6 Å². The minimum absolute atomic E-state index is 0.174.